The van der Waals surface area contributed by atoms with E-state index in [0.717, 1.165) is 0 Å². The predicted octanol–water partition coefficient (Wildman–Crippen LogP) is 1.27. The molecule has 0 rings (SSSR count). The first kappa shape index (κ1) is 15.9. The number of hydrogen-bond acceptors (Lipinski definition) is 4. The average Bonchev–Trinajstić information content (AvgIpc) is 2.12. The zero-order valence-electron chi connectivity index (χ0n) is 10.6. The van der Waals surface area contributed by atoms with E-state index >= 15 is 0 Å². The molecule has 0 fully saturated rings. The van der Waals surface area contributed by atoms with Gasteiger partial charge in [0.1, 0.15) is 0 Å². The van der Waals surface area contributed by atoms with Crippen molar-refractivity contribution >= 4 is 19.7 Å². The highest BCUT2D eigenvalue weighted by Crippen LogP contribution is 2.27. The van der Waals surface area contributed by atoms with Crippen molar-refractivity contribution in [3.63, 3.8) is 0 Å². The topological polar surface area (TPSA) is 68.3 Å². The molecule has 0 unspecified atom stereocenters. The Kier molecular flexibility index (Phi) is 5.01. The van der Waals surface area contributed by atoms with E-state index in [4.69, 9.17) is 0 Å². The van der Waals surface area contributed by atoms with Crippen LogP contribution >= 0.6 is 0 Å². The Hall–Kier alpha value is -0.100. The standard InChI is InChI=1S/C10H22O4S2/c1-6-15(11,12)8-9(10(3,4)5)16(13,14)7-2/h9H,6-8H2,1-5H3/t9-/m0/s1. The van der Waals surface area contributed by atoms with Gasteiger partial charge in [-0.3, -0.25) is 0 Å². The lowest BCUT2D eigenvalue weighted by molar-refractivity contribution is 0.392. The summed E-state index contributed by atoms with van der Waals surface area (Å²) in [6.07, 6.45) is 0. The maximum atomic E-state index is 11.9. The van der Waals surface area contributed by atoms with Crippen LogP contribution in [0.3, 0.4) is 0 Å². The monoisotopic (exact) mass is 270 g/mol. The molecule has 0 aliphatic carbocycles. The largest absolute Gasteiger partial charge is 0.229 e. The number of sulfone groups is 2. The maximum Gasteiger partial charge on any atom is 0.154 e. The Bertz CT molecular complexity index is 412. The lowest BCUT2D eigenvalue weighted by atomic mass is 9.93. The molecule has 0 saturated heterocycles. The van der Waals surface area contributed by atoms with E-state index in [9.17, 15) is 16.8 Å². The van der Waals surface area contributed by atoms with Crippen molar-refractivity contribution in [1.82, 2.24) is 0 Å². The second-order valence-corrected chi connectivity index (χ2v) is 9.88. The predicted molar refractivity (Wildman–Crippen MR) is 67.0 cm³/mol. The molecule has 0 bridgehead atoms. The Balaban J connectivity index is 5.33. The van der Waals surface area contributed by atoms with Crippen LogP contribution in [0.25, 0.3) is 0 Å². The highest BCUT2D eigenvalue weighted by atomic mass is 32.2. The minimum atomic E-state index is -3.34. The van der Waals surface area contributed by atoms with Crippen LogP contribution in [-0.2, 0) is 19.7 Å². The van der Waals surface area contributed by atoms with Gasteiger partial charge in [-0.05, 0) is 5.41 Å². The van der Waals surface area contributed by atoms with Gasteiger partial charge in [0, 0.05) is 11.5 Å². The molecule has 0 spiro atoms. The third kappa shape index (κ3) is 4.41. The molecule has 0 amide bonds. The molecular weight excluding hydrogens is 248 g/mol. The first-order chi connectivity index (χ1) is 6.96. The molecular formula is C10H22O4S2. The Morgan fingerprint density at radius 3 is 1.62 bits per heavy atom. The van der Waals surface area contributed by atoms with E-state index in [0.29, 0.717) is 0 Å². The van der Waals surface area contributed by atoms with Gasteiger partial charge in [-0.15, -0.1) is 0 Å². The molecule has 98 valence electrons. The molecule has 0 aromatic heterocycles. The molecule has 1 atom stereocenters. The molecule has 0 aromatic carbocycles. The molecule has 4 nitrogen and oxygen atoms in total. The summed E-state index contributed by atoms with van der Waals surface area (Å²) in [6, 6.07) is 0. The van der Waals surface area contributed by atoms with E-state index < -0.39 is 30.3 Å². The summed E-state index contributed by atoms with van der Waals surface area (Å²) in [7, 11) is -6.61. The van der Waals surface area contributed by atoms with Gasteiger partial charge in [-0.25, -0.2) is 16.8 Å². The van der Waals surface area contributed by atoms with Crippen molar-refractivity contribution in [2.24, 2.45) is 5.41 Å². The number of rotatable bonds is 5. The average molecular weight is 270 g/mol. The van der Waals surface area contributed by atoms with Crippen LogP contribution in [0.15, 0.2) is 0 Å². The van der Waals surface area contributed by atoms with Crippen molar-refractivity contribution in [2.45, 2.75) is 39.9 Å². The fourth-order valence-corrected chi connectivity index (χ4v) is 5.57. The Morgan fingerprint density at radius 2 is 1.38 bits per heavy atom. The fourth-order valence-electron chi connectivity index (χ4n) is 1.44. The van der Waals surface area contributed by atoms with Crippen LogP contribution in [0.4, 0.5) is 0 Å². The molecule has 0 saturated carbocycles. The fraction of sp³-hybridized carbons (Fsp3) is 1.00. The SMILES string of the molecule is CCS(=O)(=O)C[C@@H](C(C)(C)C)S(=O)(=O)CC. The van der Waals surface area contributed by atoms with Crippen LogP contribution in [-0.4, -0.2) is 39.3 Å². The smallest absolute Gasteiger partial charge is 0.154 e. The Morgan fingerprint density at radius 1 is 0.938 bits per heavy atom. The van der Waals surface area contributed by atoms with Gasteiger partial charge in [-0.2, -0.15) is 0 Å². The Labute approximate surface area is 99.3 Å². The first-order valence-corrected chi connectivity index (χ1v) is 8.92. The molecule has 0 N–H and O–H groups in total. The van der Waals surface area contributed by atoms with E-state index in [1.807, 2.05) is 0 Å². The summed E-state index contributed by atoms with van der Waals surface area (Å²) in [5.74, 6) is -0.309. The highest BCUT2D eigenvalue weighted by Gasteiger charge is 2.38. The zero-order chi connectivity index (χ0) is 13.2. The van der Waals surface area contributed by atoms with Crippen LogP contribution < -0.4 is 0 Å². The van der Waals surface area contributed by atoms with E-state index in [1.165, 1.54) is 6.92 Å². The normalized spacial score (nSPS) is 16.1. The van der Waals surface area contributed by atoms with Crippen LogP contribution in [0, 0.1) is 5.41 Å². The minimum Gasteiger partial charge on any atom is -0.229 e. The maximum absolute atomic E-state index is 11.9. The van der Waals surface area contributed by atoms with Crippen molar-refractivity contribution in [1.29, 1.82) is 0 Å². The van der Waals surface area contributed by atoms with Crippen molar-refractivity contribution < 1.29 is 16.8 Å². The summed E-state index contributed by atoms with van der Waals surface area (Å²) in [5, 5.41) is -0.824. The highest BCUT2D eigenvalue weighted by molar-refractivity contribution is 7.95. The quantitative estimate of drug-likeness (QED) is 0.754. The van der Waals surface area contributed by atoms with Gasteiger partial charge in [0.15, 0.2) is 19.7 Å². The molecule has 6 heteroatoms. The van der Waals surface area contributed by atoms with Gasteiger partial charge >= 0.3 is 0 Å². The molecule has 0 aliphatic rings. The van der Waals surface area contributed by atoms with Crippen LogP contribution in [0.2, 0.25) is 0 Å². The zero-order valence-corrected chi connectivity index (χ0v) is 12.3. The summed E-state index contributed by atoms with van der Waals surface area (Å²) >= 11 is 0. The summed E-state index contributed by atoms with van der Waals surface area (Å²) in [6.45, 7) is 8.36. The van der Waals surface area contributed by atoms with Crippen LogP contribution in [0.5, 0.6) is 0 Å². The summed E-state index contributed by atoms with van der Waals surface area (Å²) < 4.78 is 46.9. The second kappa shape index (κ2) is 5.04. The van der Waals surface area contributed by atoms with Crippen molar-refractivity contribution in [3.05, 3.63) is 0 Å². The third-order valence-corrected chi connectivity index (χ3v) is 7.12. The first-order valence-electron chi connectivity index (χ1n) is 5.38. The van der Waals surface area contributed by atoms with Crippen molar-refractivity contribution in [3.8, 4) is 0 Å². The molecule has 0 heterocycles. The van der Waals surface area contributed by atoms with Gasteiger partial charge in [-0.1, -0.05) is 34.6 Å². The van der Waals surface area contributed by atoms with Gasteiger partial charge in [0.2, 0.25) is 0 Å². The van der Waals surface area contributed by atoms with Crippen LogP contribution in [0.1, 0.15) is 34.6 Å². The van der Waals surface area contributed by atoms with E-state index in [-0.39, 0.29) is 17.3 Å². The second-order valence-electron chi connectivity index (χ2n) is 5.01. The lowest BCUT2D eigenvalue weighted by Gasteiger charge is -2.29. The third-order valence-electron chi connectivity index (χ3n) is 2.65. The molecule has 0 radical (unpaired) electrons. The van der Waals surface area contributed by atoms with Gasteiger partial charge in [0.05, 0.1) is 11.0 Å². The molecule has 0 aliphatic heterocycles. The molecule has 16 heavy (non-hydrogen) atoms. The summed E-state index contributed by atoms with van der Waals surface area (Å²) in [4.78, 5) is 0. The summed E-state index contributed by atoms with van der Waals surface area (Å²) in [5.41, 5.74) is -0.558. The van der Waals surface area contributed by atoms with Gasteiger partial charge in [0.25, 0.3) is 0 Å². The lowest BCUT2D eigenvalue weighted by Crippen LogP contribution is -2.41. The van der Waals surface area contributed by atoms with E-state index in [1.54, 1.807) is 27.7 Å². The van der Waals surface area contributed by atoms with E-state index in [2.05, 4.69) is 0 Å². The van der Waals surface area contributed by atoms with Gasteiger partial charge < -0.3 is 0 Å². The minimum absolute atomic E-state index is 0.0151. The van der Waals surface area contributed by atoms with Crippen molar-refractivity contribution in [2.75, 3.05) is 17.3 Å². The molecule has 0 aromatic rings. The number of hydrogen-bond donors (Lipinski definition) is 0.